The van der Waals surface area contributed by atoms with Crippen LogP contribution in [0.2, 0.25) is 0 Å². The number of urea groups is 1. The first-order chi connectivity index (χ1) is 9.43. The van der Waals surface area contributed by atoms with Gasteiger partial charge < -0.3 is 21.1 Å². The molecule has 4 N–H and O–H groups in total. The van der Waals surface area contributed by atoms with E-state index in [4.69, 9.17) is 10.5 Å². The number of carbonyl (C=O) groups is 1. The Bertz CT molecular complexity index is 421. The summed E-state index contributed by atoms with van der Waals surface area (Å²) in [5.74, 6) is 0. The van der Waals surface area contributed by atoms with Gasteiger partial charge in [-0.05, 0) is 24.3 Å². The highest BCUT2D eigenvalue weighted by Gasteiger charge is 2.29. The van der Waals surface area contributed by atoms with Crippen molar-refractivity contribution in [2.24, 2.45) is 5.73 Å². The average molecular weight is 291 g/mol. The highest BCUT2D eigenvalue weighted by atomic mass is 19.4. The molecule has 0 aromatic heterocycles. The van der Waals surface area contributed by atoms with Crippen molar-refractivity contribution in [3.63, 3.8) is 0 Å². The average Bonchev–Trinajstić information content (AvgIpc) is 2.38. The number of ether oxygens (including phenoxy) is 1. The first-order valence-electron chi connectivity index (χ1n) is 5.93. The molecule has 112 valence electrons. The largest absolute Gasteiger partial charge is 0.416 e. The molecule has 0 aliphatic heterocycles. The summed E-state index contributed by atoms with van der Waals surface area (Å²) < 4.78 is 42.0. The summed E-state index contributed by atoms with van der Waals surface area (Å²) >= 11 is 0. The van der Waals surface area contributed by atoms with Gasteiger partial charge in [-0.3, -0.25) is 0 Å². The van der Waals surface area contributed by atoms with E-state index in [-0.39, 0.29) is 12.2 Å². The highest BCUT2D eigenvalue weighted by molar-refractivity contribution is 5.89. The number of anilines is 1. The number of benzene rings is 1. The zero-order valence-corrected chi connectivity index (χ0v) is 10.7. The van der Waals surface area contributed by atoms with Crippen LogP contribution in [0, 0.1) is 0 Å². The lowest BCUT2D eigenvalue weighted by molar-refractivity contribution is -0.137. The van der Waals surface area contributed by atoms with Crippen LogP contribution in [0.1, 0.15) is 5.56 Å². The number of nitrogens with one attached hydrogen (secondary N) is 2. The lowest BCUT2D eigenvalue weighted by atomic mass is 10.2. The molecule has 0 bridgehead atoms. The molecule has 0 unspecified atom stereocenters. The molecule has 8 heteroatoms. The lowest BCUT2D eigenvalue weighted by Gasteiger charge is -2.10. The maximum Gasteiger partial charge on any atom is 0.416 e. The Morgan fingerprint density at radius 2 is 1.85 bits per heavy atom. The van der Waals surface area contributed by atoms with Crippen LogP contribution in [0.25, 0.3) is 0 Å². The lowest BCUT2D eigenvalue weighted by Crippen LogP contribution is -2.31. The number of alkyl halides is 3. The van der Waals surface area contributed by atoms with Crippen LogP contribution >= 0.6 is 0 Å². The minimum absolute atomic E-state index is 0.276. The van der Waals surface area contributed by atoms with Crippen molar-refractivity contribution in [3.05, 3.63) is 29.8 Å². The van der Waals surface area contributed by atoms with E-state index < -0.39 is 17.8 Å². The monoisotopic (exact) mass is 291 g/mol. The fraction of sp³-hybridized carbons (Fsp3) is 0.417. The van der Waals surface area contributed by atoms with Crippen molar-refractivity contribution in [1.82, 2.24) is 5.32 Å². The minimum Gasteiger partial charge on any atom is -0.378 e. The second-order valence-electron chi connectivity index (χ2n) is 3.86. The molecule has 20 heavy (non-hydrogen) atoms. The maximum absolute atomic E-state index is 12.3. The molecule has 0 saturated carbocycles. The number of amides is 2. The number of halogens is 3. The van der Waals surface area contributed by atoms with Crippen LogP contribution in [-0.4, -0.2) is 32.3 Å². The summed E-state index contributed by atoms with van der Waals surface area (Å²) in [5.41, 5.74) is 4.72. The van der Waals surface area contributed by atoms with Crippen molar-refractivity contribution in [1.29, 1.82) is 0 Å². The first-order valence-corrected chi connectivity index (χ1v) is 5.93. The second-order valence-corrected chi connectivity index (χ2v) is 3.86. The summed E-state index contributed by atoms with van der Waals surface area (Å²) in [6.07, 6.45) is -4.39. The molecule has 0 fully saturated rings. The van der Waals surface area contributed by atoms with E-state index in [1.807, 2.05) is 0 Å². The molecule has 0 aliphatic rings. The summed E-state index contributed by atoms with van der Waals surface area (Å²) in [5, 5.41) is 4.91. The Morgan fingerprint density at radius 1 is 1.20 bits per heavy atom. The zero-order chi connectivity index (χ0) is 15.0. The number of hydrogen-bond acceptors (Lipinski definition) is 3. The van der Waals surface area contributed by atoms with E-state index >= 15 is 0 Å². The molecule has 0 radical (unpaired) electrons. The predicted octanol–water partition coefficient (Wildman–Crippen LogP) is 1.80. The highest BCUT2D eigenvalue weighted by Crippen LogP contribution is 2.29. The van der Waals surface area contributed by atoms with Gasteiger partial charge in [-0.25, -0.2) is 4.79 Å². The molecule has 1 aromatic carbocycles. The van der Waals surface area contributed by atoms with Crippen LogP contribution < -0.4 is 16.4 Å². The van der Waals surface area contributed by atoms with Crippen molar-refractivity contribution in [3.8, 4) is 0 Å². The van der Waals surface area contributed by atoms with Gasteiger partial charge in [-0.15, -0.1) is 0 Å². The topological polar surface area (TPSA) is 76.4 Å². The van der Waals surface area contributed by atoms with Crippen LogP contribution in [0.5, 0.6) is 0 Å². The standard InChI is InChI=1S/C12H16F3N3O2/c13-12(14,15)9-1-3-10(4-2-9)18-11(19)17-6-8-20-7-5-16/h1-4H,5-8,16H2,(H2,17,18,19). The molecule has 0 spiro atoms. The van der Waals surface area contributed by atoms with Crippen LogP contribution in [-0.2, 0) is 10.9 Å². The molecule has 5 nitrogen and oxygen atoms in total. The Labute approximate surface area is 114 Å². The first kappa shape index (κ1) is 16.3. The zero-order valence-electron chi connectivity index (χ0n) is 10.7. The predicted molar refractivity (Wildman–Crippen MR) is 68.3 cm³/mol. The molecule has 2 amide bonds. The van der Waals surface area contributed by atoms with E-state index in [2.05, 4.69) is 10.6 Å². The fourth-order valence-electron chi connectivity index (χ4n) is 1.34. The molecule has 0 aliphatic carbocycles. The summed E-state index contributed by atoms with van der Waals surface area (Å²) in [7, 11) is 0. The van der Waals surface area contributed by atoms with Crippen LogP contribution in [0.15, 0.2) is 24.3 Å². The summed E-state index contributed by atoms with van der Waals surface area (Å²) in [6, 6.07) is 3.67. The number of hydrogen-bond donors (Lipinski definition) is 3. The minimum atomic E-state index is -4.39. The van der Waals surface area contributed by atoms with E-state index in [9.17, 15) is 18.0 Å². The molecular formula is C12H16F3N3O2. The van der Waals surface area contributed by atoms with Gasteiger partial charge in [0.15, 0.2) is 0 Å². The van der Waals surface area contributed by atoms with E-state index in [0.29, 0.717) is 19.8 Å². The van der Waals surface area contributed by atoms with Crippen LogP contribution in [0.3, 0.4) is 0 Å². The quantitative estimate of drug-likeness (QED) is 0.699. The third-order valence-corrected chi connectivity index (χ3v) is 2.26. The van der Waals surface area contributed by atoms with Gasteiger partial charge in [0.25, 0.3) is 0 Å². The number of carbonyl (C=O) groups excluding carboxylic acids is 1. The van der Waals surface area contributed by atoms with Gasteiger partial charge in [0, 0.05) is 18.8 Å². The molecule has 1 aromatic rings. The normalized spacial score (nSPS) is 11.2. The van der Waals surface area contributed by atoms with Crippen molar-refractivity contribution >= 4 is 11.7 Å². The Balaban J connectivity index is 2.35. The molecular weight excluding hydrogens is 275 g/mol. The van der Waals surface area contributed by atoms with Gasteiger partial charge in [-0.2, -0.15) is 13.2 Å². The number of rotatable bonds is 6. The number of nitrogens with two attached hydrogens (primary N) is 1. The fourth-order valence-corrected chi connectivity index (χ4v) is 1.34. The van der Waals surface area contributed by atoms with Gasteiger partial charge in [-0.1, -0.05) is 0 Å². The Morgan fingerprint density at radius 3 is 2.40 bits per heavy atom. The van der Waals surface area contributed by atoms with Crippen LogP contribution in [0.4, 0.5) is 23.7 Å². The second kappa shape index (κ2) is 7.71. The maximum atomic E-state index is 12.3. The van der Waals surface area contributed by atoms with E-state index in [1.165, 1.54) is 12.1 Å². The Kier molecular flexibility index (Phi) is 6.26. The third kappa shape index (κ3) is 5.89. The molecule has 1 rings (SSSR count). The SMILES string of the molecule is NCCOCCNC(=O)Nc1ccc(C(F)(F)F)cc1. The smallest absolute Gasteiger partial charge is 0.378 e. The Hall–Kier alpha value is -1.80. The van der Waals surface area contributed by atoms with Crippen molar-refractivity contribution in [2.75, 3.05) is 31.6 Å². The molecule has 0 saturated heterocycles. The summed E-state index contributed by atoms with van der Waals surface area (Å²) in [4.78, 5) is 11.4. The van der Waals surface area contributed by atoms with E-state index in [1.54, 1.807) is 0 Å². The van der Waals surface area contributed by atoms with E-state index in [0.717, 1.165) is 12.1 Å². The summed E-state index contributed by atoms with van der Waals surface area (Å²) in [6.45, 7) is 1.41. The van der Waals surface area contributed by atoms with Gasteiger partial charge in [0.05, 0.1) is 18.8 Å². The molecule has 0 heterocycles. The van der Waals surface area contributed by atoms with Gasteiger partial charge in [0.2, 0.25) is 0 Å². The van der Waals surface area contributed by atoms with Crippen molar-refractivity contribution in [2.45, 2.75) is 6.18 Å². The van der Waals surface area contributed by atoms with Gasteiger partial charge >= 0.3 is 12.2 Å². The third-order valence-electron chi connectivity index (χ3n) is 2.26. The van der Waals surface area contributed by atoms with Crippen molar-refractivity contribution < 1.29 is 22.7 Å². The molecule has 0 atom stereocenters. The van der Waals surface area contributed by atoms with Gasteiger partial charge in [0.1, 0.15) is 0 Å².